The molecule has 0 radical (unpaired) electrons. The molecule has 1 aliphatic heterocycles. The first-order valence-corrected chi connectivity index (χ1v) is 9.15. The molecule has 8 heteroatoms. The zero-order valence-corrected chi connectivity index (χ0v) is 13.8. The van der Waals surface area contributed by atoms with E-state index in [1.807, 2.05) is 10.5 Å². The highest BCUT2D eigenvalue weighted by Crippen LogP contribution is 2.19. The fourth-order valence-electron chi connectivity index (χ4n) is 2.96. The third kappa shape index (κ3) is 3.22. The normalized spacial score (nSPS) is 19.2. The lowest BCUT2D eigenvalue weighted by Crippen LogP contribution is -2.36. The van der Waals surface area contributed by atoms with Crippen LogP contribution in [0.4, 0.5) is 0 Å². The molecule has 1 fully saturated rings. The first-order chi connectivity index (χ1) is 11.0. The molecule has 0 aliphatic carbocycles. The van der Waals surface area contributed by atoms with Crippen molar-refractivity contribution in [3.8, 4) is 6.07 Å². The van der Waals surface area contributed by atoms with Crippen LogP contribution in [0.2, 0.25) is 0 Å². The number of nitrogens with one attached hydrogen (secondary N) is 1. The molecule has 3 rings (SSSR count). The van der Waals surface area contributed by atoms with Crippen molar-refractivity contribution in [3.63, 3.8) is 0 Å². The Morgan fingerprint density at radius 3 is 3.04 bits per heavy atom. The van der Waals surface area contributed by atoms with E-state index in [1.165, 1.54) is 0 Å². The van der Waals surface area contributed by atoms with E-state index in [-0.39, 0.29) is 5.25 Å². The predicted molar refractivity (Wildman–Crippen MR) is 86.2 cm³/mol. The van der Waals surface area contributed by atoms with Gasteiger partial charge in [-0.1, -0.05) is 6.92 Å². The van der Waals surface area contributed by atoms with Gasteiger partial charge in [0.1, 0.15) is 11.7 Å². The van der Waals surface area contributed by atoms with Gasteiger partial charge in [-0.05, 0) is 25.1 Å². The van der Waals surface area contributed by atoms with Gasteiger partial charge in [-0.15, -0.1) is 0 Å². The molecular formula is C15H19N5O2S. The number of sulfonamides is 1. The molecule has 1 saturated heterocycles. The summed E-state index contributed by atoms with van der Waals surface area (Å²) in [6.45, 7) is 4.08. The van der Waals surface area contributed by atoms with E-state index in [0.29, 0.717) is 31.6 Å². The van der Waals surface area contributed by atoms with E-state index in [9.17, 15) is 8.42 Å². The monoisotopic (exact) mass is 333 g/mol. The lowest BCUT2D eigenvalue weighted by molar-refractivity contribution is 0.326. The lowest BCUT2D eigenvalue weighted by Gasteiger charge is -2.16. The summed E-state index contributed by atoms with van der Waals surface area (Å²) in [7, 11) is -3.23. The van der Waals surface area contributed by atoms with Crippen LogP contribution in [0, 0.1) is 11.3 Å². The number of aromatic nitrogens is 2. The van der Waals surface area contributed by atoms with Crippen molar-refractivity contribution in [1.29, 1.82) is 5.26 Å². The number of likely N-dealkylation sites (tertiary alicyclic amines) is 1. The molecule has 23 heavy (non-hydrogen) atoms. The Morgan fingerprint density at radius 2 is 2.30 bits per heavy atom. The standard InChI is InChI=1S/C15H19N5O2S/c1-2-18-23(21,22)14-5-6-19(11-14)10-13-8-17-15-4-3-12(7-16)9-20(13)15/h3-4,8-9,14,18H,2,5-6,10-11H2,1H3. The first kappa shape index (κ1) is 15.9. The maximum Gasteiger partial charge on any atom is 0.215 e. The van der Waals surface area contributed by atoms with Crippen LogP contribution in [-0.2, 0) is 16.6 Å². The largest absolute Gasteiger partial charge is 0.301 e. The van der Waals surface area contributed by atoms with Gasteiger partial charge in [0.25, 0.3) is 0 Å². The Kier molecular flexibility index (Phi) is 4.35. The number of hydrogen-bond acceptors (Lipinski definition) is 5. The van der Waals surface area contributed by atoms with Crippen LogP contribution in [0.1, 0.15) is 24.6 Å². The molecule has 0 aromatic carbocycles. The van der Waals surface area contributed by atoms with Crippen molar-refractivity contribution < 1.29 is 8.42 Å². The van der Waals surface area contributed by atoms with Crippen molar-refractivity contribution >= 4 is 15.7 Å². The van der Waals surface area contributed by atoms with Gasteiger partial charge in [0.2, 0.25) is 10.0 Å². The number of nitrogens with zero attached hydrogens (tertiary/aromatic N) is 4. The highest BCUT2D eigenvalue weighted by atomic mass is 32.2. The van der Waals surface area contributed by atoms with Gasteiger partial charge in [-0.3, -0.25) is 4.90 Å². The summed E-state index contributed by atoms with van der Waals surface area (Å²) in [5, 5.41) is 8.65. The minimum Gasteiger partial charge on any atom is -0.301 e. The van der Waals surface area contributed by atoms with E-state index in [1.54, 1.807) is 25.4 Å². The van der Waals surface area contributed by atoms with Crippen molar-refractivity contribution in [2.45, 2.75) is 25.1 Å². The number of nitriles is 1. The maximum absolute atomic E-state index is 12.1. The van der Waals surface area contributed by atoms with Gasteiger partial charge in [-0.25, -0.2) is 18.1 Å². The Hall–Kier alpha value is -1.95. The molecule has 1 atom stereocenters. The summed E-state index contributed by atoms with van der Waals surface area (Å²) in [6.07, 6.45) is 4.18. The zero-order chi connectivity index (χ0) is 16.4. The van der Waals surface area contributed by atoms with Gasteiger partial charge in [0.05, 0.1) is 22.7 Å². The molecule has 0 saturated carbocycles. The predicted octanol–water partition coefficient (Wildman–Crippen LogP) is 0.720. The first-order valence-electron chi connectivity index (χ1n) is 7.60. The number of pyridine rings is 1. The molecule has 0 amide bonds. The summed E-state index contributed by atoms with van der Waals surface area (Å²) in [5.74, 6) is 0. The van der Waals surface area contributed by atoms with Gasteiger partial charge < -0.3 is 4.40 Å². The number of fused-ring (bicyclic) bond motifs is 1. The van der Waals surface area contributed by atoms with Crippen LogP contribution in [0.25, 0.3) is 5.65 Å². The van der Waals surface area contributed by atoms with Crippen LogP contribution in [0.15, 0.2) is 24.5 Å². The fraction of sp³-hybridized carbons (Fsp3) is 0.467. The highest BCUT2D eigenvalue weighted by Gasteiger charge is 2.32. The van der Waals surface area contributed by atoms with Crippen LogP contribution in [-0.4, -0.2) is 47.6 Å². The van der Waals surface area contributed by atoms with Crippen molar-refractivity contribution in [2.24, 2.45) is 0 Å². The van der Waals surface area contributed by atoms with Crippen LogP contribution in [0.5, 0.6) is 0 Å². The van der Waals surface area contributed by atoms with Gasteiger partial charge in [-0.2, -0.15) is 5.26 Å². The molecule has 2 aromatic heterocycles. The summed E-state index contributed by atoms with van der Waals surface area (Å²) < 4.78 is 28.6. The van der Waals surface area contributed by atoms with Crippen LogP contribution >= 0.6 is 0 Å². The van der Waals surface area contributed by atoms with Gasteiger partial charge in [0, 0.05) is 25.8 Å². The number of imidazole rings is 1. The maximum atomic E-state index is 12.1. The summed E-state index contributed by atoms with van der Waals surface area (Å²) >= 11 is 0. The second-order valence-electron chi connectivity index (χ2n) is 5.70. The molecule has 122 valence electrons. The number of rotatable bonds is 5. The Balaban J connectivity index is 1.75. The van der Waals surface area contributed by atoms with Crippen molar-refractivity contribution in [2.75, 3.05) is 19.6 Å². The van der Waals surface area contributed by atoms with Crippen molar-refractivity contribution in [3.05, 3.63) is 35.8 Å². The van der Waals surface area contributed by atoms with Crippen LogP contribution < -0.4 is 4.72 Å². The van der Waals surface area contributed by atoms with E-state index < -0.39 is 10.0 Å². The average Bonchev–Trinajstić information content (AvgIpc) is 3.15. The van der Waals surface area contributed by atoms with Crippen molar-refractivity contribution in [1.82, 2.24) is 19.0 Å². The van der Waals surface area contributed by atoms with E-state index in [4.69, 9.17) is 5.26 Å². The molecule has 0 spiro atoms. The third-order valence-electron chi connectivity index (χ3n) is 4.11. The third-order valence-corrected chi connectivity index (χ3v) is 6.06. The molecule has 1 aliphatic rings. The molecule has 1 unspecified atom stereocenters. The second kappa shape index (κ2) is 6.28. The molecule has 3 heterocycles. The highest BCUT2D eigenvalue weighted by molar-refractivity contribution is 7.90. The fourth-order valence-corrected chi connectivity index (χ4v) is 4.42. The van der Waals surface area contributed by atoms with Gasteiger partial charge in [0.15, 0.2) is 0 Å². The quantitative estimate of drug-likeness (QED) is 0.871. The summed E-state index contributed by atoms with van der Waals surface area (Å²) in [5.41, 5.74) is 2.32. The smallest absolute Gasteiger partial charge is 0.215 e. The number of hydrogen-bond donors (Lipinski definition) is 1. The molecule has 2 aromatic rings. The van der Waals surface area contributed by atoms with E-state index >= 15 is 0 Å². The Morgan fingerprint density at radius 1 is 1.48 bits per heavy atom. The molecular weight excluding hydrogens is 314 g/mol. The summed E-state index contributed by atoms with van der Waals surface area (Å²) in [4.78, 5) is 6.44. The second-order valence-corrected chi connectivity index (χ2v) is 7.74. The minimum atomic E-state index is -3.23. The average molecular weight is 333 g/mol. The SMILES string of the molecule is CCNS(=O)(=O)C1CCN(Cc2cnc3ccc(C#N)cn23)C1. The lowest BCUT2D eigenvalue weighted by atomic mass is 10.3. The molecule has 7 nitrogen and oxygen atoms in total. The minimum absolute atomic E-state index is 0.365. The van der Waals surface area contributed by atoms with E-state index in [2.05, 4.69) is 20.7 Å². The zero-order valence-electron chi connectivity index (χ0n) is 12.9. The van der Waals surface area contributed by atoms with Gasteiger partial charge >= 0.3 is 0 Å². The molecule has 1 N–H and O–H groups in total. The van der Waals surface area contributed by atoms with Crippen LogP contribution in [0.3, 0.4) is 0 Å². The molecule has 0 bridgehead atoms. The summed E-state index contributed by atoms with van der Waals surface area (Å²) in [6, 6.07) is 5.67. The van der Waals surface area contributed by atoms with E-state index in [0.717, 1.165) is 17.9 Å². The Bertz CT molecular complexity index is 852. The topological polar surface area (TPSA) is 90.5 Å². The Labute approximate surface area is 135 Å².